The average Bonchev–Trinajstić information content (AvgIpc) is 2.63. The molecule has 1 fully saturated rings. The number of piperidine rings is 1. The predicted octanol–water partition coefficient (Wildman–Crippen LogP) is 4.38. The molecule has 0 aromatic heterocycles. The van der Waals surface area contributed by atoms with Crippen LogP contribution in [-0.4, -0.2) is 29.8 Å². The maximum Gasteiger partial charge on any atom is 0.251 e. The number of hydrogen-bond acceptors (Lipinski definition) is 4. The van der Waals surface area contributed by atoms with E-state index in [-0.39, 0.29) is 17.9 Å². The normalized spacial score (nSPS) is 24.2. The molecule has 0 aliphatic carbocycles. The van der Waals surface area contributed by atoms with Crippen LogP contribution in [0.5, 0.6) is 0 Å². The summed E-state index contributed by atoms with van der Waals surface area (Å²) in [6.07, 6.45) is 0.353. The second kappa shape index (κ2) is 9.16. The standard InChI is InChI=1S/C23H30ClN3O2/c1-13-6-5-7-18(8-13)27-21-11-17(24)10-19(16(21)4)22(28)25-12-20-14(2)9-15(3)26-23(20)29/h5-8,10-11,14-15,20,23,26-27,29H,9,12H2,1-4H3,(H,25,28). The van der Waals surface area contributed by atoms with Crippen molar-refractivity contribution < 1.29 is 9.90 Å². The van der Waals surface area contributed by atoms with Gasteiger partial charge in [0, 0.05) is 40.5 Å². The van der Waals surface area contributed by atoms with Crippen LogP contribution in [0, 0.1) is 25.7 Å². The fourth-order valence-electron chi connectivity index (χ4n) is 4.07. The summed E-state index contributed by atoms with van der Waals surface area (Å²) in [5.74, 6) is 0.107. The largest absolute Gasteiger partial charge is 0.378 e. The molecule has 29 heavy (non-hydrogen) atoms. The second-order valence-corrected chi connectivity index (χ2v) is 8.66. The lowest BCUT2D eigenvalue weighted by Gasteiger charge is -2.38. The van der Waals surface area contributed by atoms with Crippen LogP contribution in [-0.2, 0) is 0 Å². The van der Waals surface area contributed by atoms with Crippen LogP contribution in [0.3, 0.4) is 0 Å². The molecule has 0 spiro atoms. The Labute approximate surface area is 177 Å². The third-order valence-corrected chi connectivity index (χ3v) is 5.95. The van der Waals surface area contributed by atoms with Crippen LogP contribution in [0.15, 0.2) is 36.4 Å². The van der Waals surface area contributed by atoms with E-state index >= 15 is 0 Å². The third kappa shape index (κ3) is 5.30. The quantitative estimate of drug-likeness (QED) is 0.584. The van der Waals surface area contributed by atoms with Gasteiger partial charge in [0.25, 0.3) is 5.91 Å². The Morgan fingerprint density at radius 3 is 2.69 bits per heavy atom. The number of amides is 1. The maximum absolute atomic E-state index is 12.9. The zero-order chi connectivity index (χ0) is 21.1. The lowest BCUT2D eigenvalue weighted by atomic mass is 9.83. The summed E-state index contributed by atoms with van der Waals surface area (Å²) in [4.78, 5) is 12.9. The molecule has 2 aromatic rings. The van der Waals surface area contributed by atoms with Gasteiger partial charge in [-0.25, -0.2) is 0 Å². The van der Waals surface area contributed by atoms with E-state index in [1.165, 1.54) is 0 Å². The van der Waals surface area contributed by atoms with Crippen LogP contribution in [0.25, 0.3) is 0 Å². The minimum atomic E-state index is -0.618. The van der Waals surface area contributed by atoms with Crippen molar-refractivity contribution in [2.75, 3.05) is 11.9 Å². The van der Waals surface area contributed by atoms with Gasteiger partial charge < -0.3 is 15.7 Å². The van der Waals surface area contributed by atoms with E-state index < -0.39 is 6.23 Å². The molecule has 1 heterocycles. The van der Waals surface area contributed by atoms with Gasteiger partial charge in [0.1, 0.15) is 6.23 Å². The first-order chi connectivity index (χ1) is 13.7. The summed E-state index contributed by atoms with van der Waals surface area (Å²) < 4.78 is 0. The first-order valence-electron chi connectivity index (χ1n) is 10.1. The van der Waals surface area contributed by atoms with Crippen molar-refractivity contribution in [3.05, 3.63) is 58.1 Å². The van der Waals surface area contributed by atoms with Gasteiger partial charge in [0.05, 0.1) is 0 Å². The monoisotopic (exact) mass is 415 g/mol. The van der Waals surface area contributed by atoms with E-state index in [0.717, 1.165) is 28.9 Å². The van der Waals surface area contributed by atoms with E-state index in [4.69, 9.17) is 11.6 Å². The molecule has 2 aromatic carbocycles. The van der Waals surface area contributed by atoms with Gasteiger partial charge in [-0.3, -0.25) is 10.1 Å². The number of carbonyl (C=O) groups is 1. The van der Waals surface area contributed by atoms with Crippen molar-refractivity contribution in [2.24, 2.45) is 11.8 Å². The number of nitrogens with one attached hydrogen (secondary N) is 3. The van der Waals surface area contributed by atoms with E-state index in [1.807, 2.05) is 44.2 Å². The number of hydrogen-bond donors (Lipinski definition) is 4. The second-order valence-electron chi connectivity index (χ2n) is 8.22. The third-order valence-electron chi connectivity index (χ3n) is 5.73. The molecule has 6 heteroatoms. The molecule has 1 saturated heterocycles. The van der Waals surface area contributed by atoms with Gasteiger partial charge in [0.15, 0.2) is 0 Å². The van der Waals surface area contributed by atoms with E-state index in [2.05, 4.69) is 29.8 Å². The Bertz CT molecular complexity index is 874. The highest BCUT2D eigenvalue weighted by atomic mass is 35.5. The summed E-state index contributed by atoms with van der Waals surface area (Å²) in [6, 6.07) is 11.8. The fourth-order valence-corrected chi connectivity index (χ4v) is 4.29. The summed E-state index contributed by atoms with van der Waals surface area (Å²) in [5.41, 5.74) is 4.26. The number of aryl methyl sites for hydroxylation is 1. The first kappa shape index (κ1) is 21.6. The molecule has 3 rings (SSSR count). The van der Waals surface area contributed by atoms with Crippen LogP contribution in [0.1, 0.15) is 41.8 Å². The average molecular weight is 416 g/mol. The summed E-state index contributed by atoms with van der Waals surface area (Å²) in [5, 5.41) is 20.3. The fraction of sp³-hybridized carbons (Fsp3) is 0.435. The smallest absolute Gasteiger partial charge is 0.251 e. The van der Waals surface area contributed by atoms with Gasteiger partial charge in [-0.05, 0) is 68.5 Å². The number of rotatable bonds is 5. The number of carbonyl (C=O) groups excluding carboxylic acids is 1. The van der Waals surface area contributed by atoms with Crippen molar-refractivity contribution in [1.82, 2.24) is 10.6 Å². The summed E-state index contributed by atoms with van der Waals surface area (Å²) >= 11 is 6.30. The zero-order valence-electron chi connectivity index (χ0n) is 17.4. The highest BCUT2D eigenvalue weighted by molar-refractivity contribution is 6.31. The topological polar surface area (TPSA) is 73.4 Å². The molecule has 0 saturated carbocycles. The van der Waals surface area contributed by atoms with Crippen molar-refractivity contribution in [1.29, 1.82) is 0 Å². The molecule has 4 atom stereocenters. The predicted molar refractivity (Wildman–Crippen MR) is 119 cm³/mol. The van der Waals surface area contributed by atoms with Crippen LogP contribution in [0.2, 0.25) is 5.02 Å². The number of aliphatic hydroxyl groups is 1. The molecule has 156 valence electrons. The Morgan fingerprint density at radius 2 is 2.00 bits per heavy atom. The van der Waals surface area contributed by atoms with Gasteiger partial charge in [-0.2, -0.15) is 0 Å². The van der Waals surface area contributed by atoms with Crippen LogP contribution >= 0.6 is 11.6 Å². The molecule has 4 N–H and O–H groups in total. The Morgan fingerprint density at radius 1 is 1.24 bits per heavy atom. The van der Waals surface area contributed by atoms with E-state index in [0.29, 0.717) is 23.0 Å². The van der Waals surface area contributed by atoms with Gasteiger partial charge in [-0.1, -0.05) is 30.7 Å². The minimum Gasteiger partial charge on any atom is -0.378 e. The maximum atomic E-state index is 12.9. The molecule has 1 aliphatic heterocycles. The molecule has 0 bridgehead atoms. The van der Waals surface area contributed by atoms with E-state index in [1.54, 1.807) is 6.07 Å². The highest BCUT2D eigenvalue weighted by Crippen LogP contribution is 2.29. The molecule has 4 unspecified atom stereocenters. The van der Waals surface area contributed by atoms with Crippen molar-refractivity contribution >= 4 is 28.9 Å². The first-order valence-corrected chi connectivity index (χ1v) is 10.5. The summed E-state index contributed by atoms with van der Waals surface area (Å²) in [7, 11) is 0. The van der Waals surface area contributed by atoms with Crippen LogP contribution < -0.4 is 16.0 Å². The van der Waals surface area contributed by atoms with Crippen molar-refractivity contribution in [3.8, 4) is 0 Å². The SMILES string of the molecule is Cc1cccc(Nc2cc(Cl)cc(C(=O)NCC3C(C)CC(C)NC3O)c2C)c1. The molecular formula is C23H30ClN3O2. The van der Waals surface area contributed by atoms with Gasteiger partial charge in [0.2, 0.25) is 0 Å². The Hall–Kier alpha value is -2.08. The van der Waals surface area contributed by atoms with Crippen molar-refractivity contribution in [3.63, 3.8) is 0 Å². The minimum absolute atomic E-state index is 0.0282. The number of anilines is 2. The lowest BCUT2D eigenvalue weighted by molar-refractivity contribution is 0.00478. The molecule has 0 radical (unpaired) electrons. The number of aliphatic hydroxyl groups excluding tert-OH is 1. The number of halogens is 1. The highest BCUT2D eigenvalue weighted by Gasteiger charge is 2.32. The summed E-state index contributed by atoms with van der Waals surface area (Å²) in [6.45, 7) is 8.53. The zero-order valence-corrected chi connectivity index (χ0v) is 18.2. The molecule has 5 nitrogen and oxygen atoms in total. The Kier molecular flexibility index (Phi) is 6.83. The molecular weight excluding hydrogens is 386 g/mol. The van der Waals surface area contributed by atoms with Crippen molar-refractivity contribution in [2.45, 2.75) is 46.4 Å². The molecule has 1 aliphatic rings. The van der Waals surface area contributed by atoms with Crippen LogP contribution in [0.4, 0.5) is 11.4 Å². The van der Waals surface area contributed by atoms with E-state index in [9.17, 15) is 9.90 Å². The lowest BCUT2D eigenvalue weighted by Crippen LogP contribution is -2.53. The number of benzene rings is 2. The van der Waals surface area contributed by atoms with Gasteiger partial charge >= 0.3 is 0 Å². The van der Waals surface area contributed by atoms with Gasteiger partial charge in [-0.15, -0.1) is 0 Å². The Balaban J connectivity index is 1.74. The molecule has 1 amide bonds.